The molecule has 0 saturated carbocycles. The molecule has 1 N–H and O–H groups in total. The number of hydrogen-bond acceptors (Lipinski definition) is 4. The first-order valence-corrected chi connectivity index (χ1v) is 9.73. The average molecular weight is 407 g/mol. The van der Waals surface area contributed by atoms with E-state index in [1.807, 2.05) is 61.5 Å². The normalized spacial score (nSPS) is 11.7. The number of H-pyrrole nitrogens is 1. The van der Waals surface area contributed by atoms with Crippen LogP contribution in [-0.4, -0.2) is 33.5 Å². The minimum atomic E-state index is -0.604. The first-order chi connectivity index (χ1) is 14.5. The standard InChI is InChI=1S/C23H25N3O4/c1-17(14-19-10-6-7-11-20(19)30-2)26(15-18-8-4-3-5-9-18)22(28)16-25-13-12-21(27)24-23(25)29/h3-13,17H,14-16H2,1-2H3,(H,24,27,29). The Kier molecular flexibility index (Phi) is 6.85. The fourth-order valence-corrected chi connectivity index (χ4v) is 3.38. The summed E-state index contributed by atoms with van der Waals surface area (Å²) in [5, 5.41) is 0. The molecule has 3 aromatic rings. The zero-order valence-corrected chi connectivity index (χ0v) is 17.1. The van der Waals surface area contributed by atoms with Crippen molar-refractivity contribution < 1.29 is 9.53 Å². The second-order valence-electron chi connectivity index (χ2n) is 7.11. The molecule has 1 atom stereocenters. The van der Waals surface area contributed by atoms with Crippen molar-refractivity contribution in [1.29, 1.82) is 0 Å². The van der Waals surface area contributed by atoms with E-state index >= 15 is 0 Å². The predicted octanol–water partition coefficient (Wildman–Crippen LogP) is 2.21. The van der Waals surface area contributed by atoms with Crippen molar-refractivity contribution in [1.82, 2.24) is 14.5 Å². The van der Waals surface area contributed by atoms with Gasteiger partial charge in [-0.2, -0.15) is 0 Å². The van der Waals surface area contributed by atoms with Gasteiger partial charge in [0.1, 0.15) is 12.3 Å². The van der Waals surface area contributed by atoms with E-state index < -0.39 is 11.2 Å². The van der Waals surface area contributed by atoms with Gasteiger partial charge in [-0.25, -0.2) is 4.79 Å². The zero-order valence-electron chi connectivity index (χ0n) is 17.1. The predicted molar refractivity (Wildman–Crippen MR) is 114 cm³/mol. The van der Waals surface area contributed by atoms with Gasteiger partial charge >= 0.3 is 5.69 Å². The summed E-state index contributed by atoms with van der Waals surface area (Å²) in [7, 11) is 1.62. The Hall–Kier alpha value is -3.61. The lowest BCUT2D eigenvalue weighted by Gasteiger charge is -2.30. The molecule has 7 heteroatoms. The van der Waals surface area contributed by atoms with Crippen LogP contribution >= 0.6 is 0 Å². The van der Waals surface area contributed by atoms with Crippen molar-refractivity contribution in [3.05, 3.63) is 98.8 Å². The largest absolute Gasteiger partial charge is 0.496 e. The molecule has 0 fully saturated rings. The molecule has 30 heavy (non-hydrogen) atoms. The Labute approximate surface area is 174 Å². The molecule has 1 aromatic heterocycles. The van der Waals surface area contributed by atoms with Crippen molar-refractivity contribution in [3.8, 4) is 5.75 Å². The highest BCUT2D eigenvalue weighted by Crippen LogP contribution is 2.21. The summed E-state index contributed by atoms with van der Waals surface area (Å²) in [4.78, 5) is 40.4. The van der Waals surface area contributed by atoms with Crippen molar-refractivity contribution in [3.63, 3.8) is 0 Å². The molecular formula is C23H25N3O4. The van der Waals surface area contributed by atoms with Crippen LogP contribution in [-0.2, 0) is 24.3 Å². The molecule has 0 aliphatic carbocycles. The molecule has 2 aromatic carbocycles. The number of rotatable bonds is 8. The number of methoxy groups -OCH3 is 1. The van der Waals surface area contributed by atoms with Crippen LogP contribution in [0, 0.1) is 0 Å². The molecule has 156 valence electrons. The summed E-state index contributed by atoms with van der Waals surface area (Å²) < 4.78 is 6.65. The highest BCUT2D eigenvalue weighted by molar-refractivity contribution is 5.76. The summed E-state index contributed by atoms with van der Waals surface area (Å²) >= 11 is 0. The lowest BCUT2D eigenvalue weighted by atomic mass is 10.0. The molecule has 1 heterocycles. The van der Waals surface area contributed by atoms with Crippen molar-refractivity contribution in [2.24, 2.45) is 0 Å². The number of carbonyl (C=O) groups excluding carboxylic acids is 1. The molecule has 0 radical (unpaired) electrons. The van der Waals surface area contributed by atoms with Gasteiger partial charge in [0.15, 0.2) is 0 Å². The SMILES string of the molecule is COc1ccccc1CC(C)N(Cc1ccccc1)C(=O)Cn1ccc(=O)[nH]c1=O. The molecule has 0 saturated heterocycles. The number of amides is 1. The maximum atomic E-state index is 13.2. The van der Waals surface area contributed by atoms with Crippen LogP contribution in [0.3, 0.4) is 0 Å². The third-order valence-electron chi connectivity index (χ3n) is 4.96. The summed E-state index contributed by atoms with van der Waals surface area (Å²) in [5.74, 6) is 0.559. The number of aromatic amines is 1. The number of ether oxygens (including phenoxy) is 1. The Balaban J connectivity index is 1.86. The summed E-state index contributed by atoms with van der Waals surface area (Å²) in [6.07, 6.45) is 1.94. The maximum Gasteiger partial charge on any atom is 0.328 e. The van der Waals surface area contributed by atoms with Gasteiger partial charge < -0.3 is 9.64 Å². The van der Waals surface area contributed by atoms with Crippen LogP contribution in [0.15, 0.2) is 76.4 Å². The number of hydrogen-bond donors (Lipinski definition) is 1. The van der Waals surface area contributed by atoms with Gasteiger partial charge in [-0.3, -0.25) is 19.1 Å². The Morgan fingerprint density at radius 2 is 1.77 bits per heavy atom. The van der Waals surface area contributed by atoms with Gasteiger partial charge in [0.2, 0.25) is 5.91 Å². The highest BCUT2D eigenvalue weighted by Gasteiger charge is 2.22. The van der Waals surface area contributed by atoms with Crippen LogP contribution in [0.1, 0.15) is 18.1 Å². The van der Waals surface area contributed by atoms with Gasteiger partial charge in [0.05, 0.1) is 7.11 Å². The smallest absolute Gasteiger partial charge is 0.328 e. The molecule has 0 aliphatic rings. The summed E-state index contributed by atoms with van der Waals surface area (Å²) in [5.41, 5.74) is 0.897. The monoisotopic (exact) mass is 407 g/mol. The number of nitrogens with one attached hydrogen (secondary N) is 1. The summed E-state index contributed by atoms with van der Waals surface area (Å²) in [6.45, 7) is 2.23. The number of aromatic nitrogens is 2. The van der Waals surface area contributed by atoms with Crippen LogP contribution in [0.2, 0.25) is 0 Å². The van der Waals surface area contributed by atoms with Crippen LogP contribution < -0.4 is 16.0 Å². The minimum Gasteiger partial charge on any atom is -0.496 e. The minimum absolute atomic E-state index is 0.146. The van der Waals surface area contributed by atoms with Gasteiger partial charge in [0, 0.05) is 24.8 Å². The van der Waals surface area contributed by atoms with E-state index in [-0.39, 0.29) is 18.5 Å². The second kappa shape index (κ2) is 9.73. The molecular weight excluding hydrogens is 382 g/mol. The van der Waals surface area contributed by atoms with Crippen molar-refractivity contribution in [2.75, 3.05) is 7.11 Å². The van der Waals surface area contributed by atoms with Crippen molar-refractivity contribution >= 4 is 5.91 Å². The highest BCUT2D eigenvalue weighted by atomic mass is 16.5. The number of nitrogens with zero attached hydrogens (tertiary/aromatic N) is 2. The van der Waals surface area contributed by atoms with E-state index in [9.17, 15) is 14.4 Å². The van der Waals surface area contributed by atoms with Gasteiger partial charge in [0.25, 0.3) is 5.56 Å². The topological polar surface area (TPSA) is 84.4 Å². The molecule has 7 nitrogen and oxygen atoms in total. The molecule has 0 spiro atoms. The molecule has 3 rings (SSSR count). The first-order valence-electron chi connectivity index (χ1n) is 9.73. The lowest BCUT2D eigenvalue weighted by molar-refractivity contribution is -0.134. The van der Waals surface area contributed by atoms with Crippen LogP contribution in [0.5, 0.6) is 5.75 Å². The number of para-hydroxylation sites is 1. The molecule has 0 aliphatic heterocycles. The Bertz CT molecular complexity index is 1100. The fraction of sp³-hybridized carbons (Fsp3) is 0.261. The second-order valence-corrected chi connectivity index (χ2v) is 7.11. The molecule has 1 unspecified atom stereocenters. The Morgan fingerprint density at radius 1 is 1.07 bits per heavy atom. The van der Waals surface area contributed by atoms with Gasteiger partial charge in [-0.1, -0.05) is 48.5 Å². The van der Waals surface area contributed by atoms with E-state index in [0.717, 1.165) is 16.9 Å². The quantitative estimate of drug-likeness (QED) is 0.621. The van der Waals surface area contributed by atoms with Crippen molar-refractivity contribution in [2.45, 2.75) is 32.5 Å². The zero-order chi connectivity index (χ0) is 21.5. The number of benzene rings is 2. The molecule has 0 bridgehead atoms. The maximum absolute atomic E-state index is 13.2. The van der Waals surface area contributed by atoms with Crippen LogP contribution in [0.25, 0.3) is 0 Å². The van der Waals surface area contributed by atoms with E-state index in [0.29, 0.717) is 13.0 Å². The average Bonchev–Trinajstić information content (AvgIpc) is 2.75. The first kappa shape index (κ1) is 21.1. The third kappa shape index (κ3) is 5.26. The van der Waals surface area contributed by atoms with E-state index in [2.05, 4.69) is 4.98 Å². The fourth-order valence-electron chi connectivity index (χ4n) is 3.38. The van der Waals surface area contributed by atoms with Gasteiger partial charge in [-0.15, -0.1) is 0 Å². The van der Waals surface area contributed by atoms with Gasteiger partial charge in [-0.05, 0) is 30.5 Å². The lowest BCUT2D eigenvalue weighted by Crippen LogP contribution is -2.43. The van der Waals surface area contributed by atoms with E-state index in [1.54, 1.807) is 12.0 Å². The van der Waals surface area contributed by atoms with Crippen LogP contribution in [0.4, 0.5) is 0 Å². The summed E-state index contributed by atoms with van der Waals surface area (Å²) in [6, 6.07) is 18.5. The van der Waals surface area contributed by atoms with E-state index in [4.69, 9.17) is 4.74 Å². The third-order valence-corrected chi connectivity index (χ3v) is 4.96. The number of carbonyl (C=O) groups is 1. The Morgan fingerprint density at radius 3 is 2.47 bits per heavy atom. The molecule has 1 amide bonds. The van der Waals surface area contributed by atoms with E-state index in [1.165, 1.54) is 16.8 Å².